The van der Waals surface area contributed by atoms with E-state index in [2.05, 4.69) is 34.4 Å². The molecule has 3 rings (SSSR count). The molecule has 7 heteroatoms. The molecular formula is C18H25N5O2. The predicted octanol–water partition coefficient (Wildman–Crippen LogP) is 1.35. The van der Waals surface area contributed by atoms with Gasteiger partial charge in [-0.3, -0.25) is 9.69 Å². The van der Waals surface area contributed by atoms with Crippen molar-refractivity contribution in [1.82, 2.24) is 25.2 Å². The summed E-state index contributed by atoms with van der Waals surface area (Å²) < 4.78 is 7.03. The van der Waals surface area contributed by atoms with Crippen molar-refractivity contribution in [2.75, 3.05) is 32.8 Å². The molecule has 1 atom stereocenters. The molecule has 1 fully saturated rings. The number of carbonyl (C=O) groups excluding carboxylic acids is 1. The lowest BCUT2D eigenvalue weighted by Crippen LogP contribution is -2.51. The van der Waals surface area contributed by atoms with Crippen LogP contribution in [0, 0.1) is 5.92 Å². The van der Waals surface area contributed by atoms with Gasteiger partial charge in [0.2, 0.25) is 0 Å². The van der Waals surface area contributed by atoms with Crippen molar-refractivity contribution >= 4 is 5.91 Å². The molecule has 1 saturated heterocycles. The highest BCUT2D eigenvalue weighted by Gasteiger charge is 2.24. The summed E-state index contributed by atoms with van der Waals surface area (Å²) in [6.45, 7) is 8.27. The van der Waals surface area contributed by atoms with E-state index in [0.29, 0.717) is 18.2 Å². The lowest BCUT2D eigenvalue weighted by atomic mass is 10.0. The molecule has 2 heterocycles. The average molecular weight is 343 g/mol. The number of morpholine rings is 1. The normalized spacial score (nSPS) is 16.8. The van der Waals surface area contributed by atoms with Gasteiger partial charge in [0.25, 0.3) is 5.91 Å². The van der Waals surface area contributed by atoms with E-state index in [1.807, 2.05) is 30.3 Å². The number of para-hydroxylation sites is 1. The second-order valence-corrected chi connectivity index (χ2v) is 6.55. The van der Waals surface area contributed by atoms with Crippen molar-refractivity contribution < 1.29 is 9.53 Å². The number of benzene rings is 1. The molecule has 2 aromatic rings. The van der Waals surface area contributed by atoms with Crippen LogP contribution in [0.15, 0.2) is 36.5 Å². The Morgan fingerprint density at radius 1 is 1.24 bits per heavy atom. The fourth-order valence-corrected chi connectivity index (χ4v) is 3.06. The molecule has 134 valence electrons. The standard InChI is InChI=1S/C18H25N5O2/c1-14(2)17(22-8-10-25-11-9-22)12-19-18(24)16-13-23(21-20-16)15-6-4-3-5-7-15/h3-7,13-14,17H,8-12H2,1-2H3,(H,19,24)/t17-/m0/s1. The minimum atomic E-state index is -0.193. The quantitative estimate of drug-likeness (QED) is 0.857. The van der Waals surface area contributed by atoms with Crippen LogP contribution in [0.4, 0.5) is 0 Å². The van der Waals surface area contributed by atoms with Gasteiger partial charge in [0.1, 0.15) is 0 Å². The van der Waals surface area contributed by atoms with Crippen LogP contribution in [0.25, 0.3) is 5.69 Å². The lowest BCUT2D eigenvalue weighted by Gasteiger charge is -2.36. The van der Waals surface area contributed by atoms with Crippen LogP contribution < -0.4 is 5.32 Å². The molecule has 7 nitrogen and oxygen atoms in total. The van der Waals surface area contributed by atoms with Gasteiger partial charge in [-0.15, -0.1) is 5.10 Å². The Kier molecular flexibility index (Phi) is 5.78. The number of ether oxygens (including phenoxy) is 1. The number of hydrogen-bond acceptors (Lipinski definition) is 5. The fourth-order valence-electron chi connectivity index (χ4n) is 3.06. The van der Waals surface area contributed by atoms with E-state index in [1.165, 1.54) is 0 Å². The maximum absolute atomic E-state index is 12.4. The number of nitrogens with zero attached hydrogens (tertiary/aromatic N) is 4. The Bertz CT molecular complexity index is 680. The van der Waals surface area contributed by atoms with Crippen molar-refractivity contribution in [2.24, 2.45) is 5.92 Å². The first kappa shape index (κ1) is 17.6. The van der Waals surface area contributed by atoms with Crippen LogP contribution >= 0.6 is 0 Å². The van der Waals surface area contributed by atoms with Gasteiger partial charge in [-0.05, 0) is 18.1 Å². The van der Waals surface area contributed by atoms with Crippen LogP contribution in [0.3, 0.4) is 0 Å². The third-order valence-corrected chi connectivity index (χ3v) is 4.50. The molecule has 0 radical (unpaired) electrons. The first-order chi connectivity index (χ1) is 12.1. The topological polar surface area (TPSA) is 72.3 Å². The number of carbonyl (C=O) groups is 1. The van der Waals surface area contributed by atoms with E-state index in [-0.39, 0.29) is 11.9 Å². The Balaban J connectivity index is 1.60. The van der Waals surface area contributed by atoms with Gasteiger partial charge in [0, 0.05) is 25.7 Å². The van der Waals surface area contributed by atoms with E-state index in [4.69, 9.17) is 4.74 Å². The minimum Gasteiger partial charge on any atom is -0.379 e. The largest absolute Gasteiger partial charge is 0.379 e. The van der Waals surface area contributed by atoms with Crippen molar-refractivity contribution in [3.63, 3.8) is 0 Å². The van der Waals surface area contributed by atoms with Gasteiger partial charge in [-0.2, -0.15) is 0 Å². The second-order valence-electron chi connectivity index (χ2n) is 6.55. The van der Waals surface area contributed by atoms with E-state index >= 15 is 0 Å². The first-order valence-corrected chi connectivity index (χ1v) is 8.73. The molecule has 1 amide bonds. The highest BCUT2D eigenvalue weighted by atomic mass is 16.5. The zero-order valence-corrected chi connectivity index (χ0v) is 14.8. The summed E-state index contributed by atoms with van der Waals surface area (Å²) in [6.07, 6.45) is 1.66. The summed E-state index contributed by atoms with van der Waals surface area (Å²) in [7, 11) is 0. The number of amides is 1. The Morgan fingerprint density at radius 3 is 2.64 bits per heavy atom. The van der Waals surface area contributed by atoms with Crippen LogP contribution in [0.2, 0.25) is 0 Å². The molecule has 0 spiro atoms. The SMILES string of the molecule is CC(C)[C@H](CNC(=O)c1cn(-c2ccccc2)nn1)N1CCOCC1. The average Bonchev–Trinajstić information content (AvgIpc) is 3.13. The third kappa shape index (κ3) is 4.43. The smallest absolute Gasteiger partial charge is 0.273 e. The van der Waals surface area contributed by atoms with E-state index < -0.39 is 0 Å². The summed E-state index contributed by atoms with van der Waals surface area (Å²) in [5.41, 5.74) is 1.20. The van der Waals surface area contributed by atoms with Crippen LogP contribution in [-0.4, -0.2) is 64.7 Å². The number of aromatic nitrogens is 3. The predicted molar refractivity (Wildman–Crippen MR) is 94.7 cm³/mol. The number of rotatable bonds is 6. The molecule has 1 aromatic heterocycles. The van der Waals surface area contributed by atoms with Crippen molar-refractivity contribution in [2.45, 2.75) is 19.9 Å². The lowest BCUT2D eigenvalue weighted by molar-refractivity contribution is 0.00671. The summed E-state index contributed by atoms with van der Waals surface area (Å²) in [6, 6.07) is 9.91. The number of nitrogens with one attached hydrogen (secondary N) is 1. The van der Waals surface area contributed by atoms with Gasteiger partial charge in [-0.25, -0.2) is 4.68 Å². The van der Waals surface area contributed by atoms with Gasteiger partial charge >= 0.3 is 0 Å². The van der Waals surface area contributed by atoms with Crippen molar-refractivity contribution in [3.05, 3.63) is 42.2 Å². The zero-order chi connectivity index (χ0) is 17.6. The first-order valence-electron chi connectivity index (χ1n) is 8.73. The van der Waals surface area contributed by atoms with E-state index in [0.717, 1.165) is 32.0 Å². The minimum absolute atomic E-state index is 0.193. The van der Waals surface area contributed by atoms with Crippen LogP contribution in [0.5, 0.6) is 0 Å². The molecule has 25 heavy (non-hydrogen) atoms. The van der Waals surface area contributed by atoms with Crippen LogP contribution in [-0.2, 0) is 4.74 Å². The van der Waals surface area contributed by atoms with Crippen molar-refractivity contribution in [1.29, 1.82) is 0 Å². The van der Waals surface area contributed by atoms with E-state index in [1.54, 1.807) is 10.9 Å². The summed E-state index contributed by atoms with van der Waals surface area (Å²) >= 11 is 0. The summed E-state index contributed by atoms with van der Waals surface area (Å²) in [5, 5.41) is 11.0. The molecule has 1 aromatic carbocycles. The molecule has 1 aliphatic heterocycles. The van der Waals surface area contributed by atoms with Gasteiger partial charge < -0.3 is 10.1 Å². The second kappa shape index (κ2) is 8.22. The Labute approximate surface area is 148 Å². The van der Waals surface area contributed by atoms with E-state index in [9.17, 15) is 4.79 Å². The van der Waals surface area contributed by atoms with Gasteiger partial charge in [-0.1, -0.05) is 37.3 Å². The highest BCUT2D eigenvalue weighted by molar-refractivity contribution is 5.91. The maximum atomic E-state index is 12.4. The van der Waals surface area contributed by atoms with Gasteiger partial charge in [0.15, 0.2) is 5.69 Å². The number of hydrogen-bond donors (Lipinski definition) is 1. The molecule has 0 saturated carbocycles. The summed E-state index contributed by atoms with van der Waals surface area (Å²) in [4.78, 5) is 14.8. The van der Waals surface area contributed by atoms with Crippen molar-refractivity contribution in [3.8, 4) is 5.69 Å². The fraction of sp³-hybridized carbons (Fsp3) is 0.500. The monoisotopic (exact) mass is 343 g/mol. The highest BCUT2D eigenvalue weighted by Crippen LogP contribution is 2.12. The van der Waals surface area contributed by atoms with Gasteiger partial charge in [0.05, 0.1) is 25.1 Å². The molecule has 0 bridgehead atoms. The molecule has 0 aliphatic carbocycles. The molecule has 1 N–H and O–H groups in total. The molecule has 0 unspecified atom stereocenters. The Hall–Kier alpha value is -2.25. The zero-order valence-electron chi connectivity index (χ0n) is 14.8. The summed E-state index contributed by atoms with van der Waals surface area (Å²) in [5.74, 6) is 0.250. The Morgan fingerprint density at radius 2 is 1.96 bits per heavy atom. The molecular weight excluding hydrogens is 318 g/mol. The van der Waals surface area contributed by atoms with Crippen LogP contribution in [0.1, 0.15) is 24.3 Å². The third-order valence-electron chi connectivity index (χ3n) is 4.50. The maximum Gasteiger partial charge on any atom is 0.273 e. The molecule has 1 aliphatic rings.